The van der Waals surface area contributed by atoms with Gasteiger partial charge in [-0.3, -0.25) is 0 Å². The van der Waals surface area contributed by atoms with Crippen molar-refractivity contribution in [3.63, 3.8) is 0 Å². The van der Waals surface area contributed by atoms with Crippen molar-refractivity contribution in [2.24, 2.45) is 0 Å². The summed E-state index contributed by atoms with van der Waals surface area (Å²) in [5.74, 6) is 1.79. The number of nitrogens with zero attached hydrogens (tertiary/aromatic N) is 4. The second-order valence-electron chi connectivity index (χ2n) is 6.28. The van der Waals surface area contributed by atoms with Crippen molar-refractivity contribution < 1.29 is 8.42 Å². The van der Waals surface area contributed by atoms with Crippen LogP contribution in [0.5, 0.6) is 0 Å². The Morgan fingerprint density at radius 3 is 2.52 bits per heavy atom. The maximum Gasteiger partial charge on any atom is 0.211 e. The lowest BCUT2D eigenvalue weighted by Gasteiger charge is -2.34. The van der Waals surface area contributed by atoms with Crippen LogP contribution < -0.4 is 4.90 Å². The molecule has 0 radical (unpaired) electrons. The van der Waals surface area contributed by atoms with Crippen LogP contribution in [0.25, 0.3) is 10.2 Å². The van der Waals surface area contributed by atoms with Crippen LogP contribution in [0.2, 0.25) is 0 Å². The SMILES string of the molecule is Cc1nc(N2CCN(S(C)(=O)=O)CC2)c2c3c(sc2n1)CCC3. The van der Waals surface area contributed by atoms with E-state index in [4.69, 9.17) is 4.98 Å². The molecule has 0 saturated carbocycles. The molecular weight excluding hydrogens is 332 g/mol. The zero-order valence-electron chi connectivity index (χ0n) is 13.4. The molecule has 0 atom stereocenters. The van der Waals surface area contributed by atoms with E-state index in [1.807, 2.05) is 6.92 Å². The predicted octanol–water partition coefficient (Wildman–Crippen LogP) is 1.57. The van der Waals surface area contributed by atoms with Crippen molar-refractivity contribution in [3.8, 4) is 0 Å². The van der Waals surface area contributed by atoms with Gasteiger partial charge in [0.15, 0.2) is 0 Å². The number of piperazine rings is 1. The van der Waals surface area contributed by atoms with Crippen LogP contribution in [0.15, 0.2) is 0 Å². The molecule has 1 saturated heterocycles. The Labute approximate surface area is 140 Å². The zero-order valence-corrected chi connectivity index (χ0v) is 15.0. The van der Waals surface area contributed by atoms with Gasteiger partial charge in [-0.25, -0.2) is 18.4 Å². The molecule has 1 aliphatic heterocycles. The van der Waals surface area contributed by atoms with Gasteiger partial charge in [-0.05, 0) is 31.7 Å². The van der Waals surface area contributed by atoms with Gasteiger partial charge >= 0.3 is 0 Å². The summed E-state index contributed by atoms with van der Waals surface area (Å²) in [5, 5.41) is 1.21. The highest BCUT2D eigenvalue weighted by atomic mass is 32.2. The summed E-state index contributed by atoms with van der Waals surface area (Å²) in [6.07, 6.45) is 4.75. The predicted molar refractivity (Wildman–Crippen MR) is 92.8 cm³/mol. The van der Waals surface area contributed by atoms with Crippen LogP contribution in [-0.2, 0) is 22.9 Å². The Morgan fingerprint density at radius 2 is 1.83 bits per heavy atom. The fourth-order valence-electron chi connectivity index (χ4n) is 3.54. The molecule has 0 N–H and O–H groups in total. The molecule has 4 rings (SSSR count). The number of thiophene rings is 1. The Morgan fingerprint density at radius 1 is 1.09 bits per heavy atom. The number of hydrogen-bond acceptors (Lipinski definition) is 6. The summed E-state index contributed by atoms with van der Waals surface area (Å²) in [7, 11) is -3.10. The van der Waals surface area contributed by atoms with E-state index in [2.05, 4.69) is 9.88 Å². The van der Waals surface area contributed by atoms with Gasteiger partial charge in [0.25, 0.3) is 0 Å². The summed E-state index contributed by atoms with van der Waals surface area (Å²) < 4.78 is 24.9. The molecule has 23 heavy (non-hydrogen) atoms. The van der Waals surface area contributed by atoms with Crippen LogP contribution in [-0.4, -0.2) is 55.1 Å². The average Bonchev–Trinajstić information content (AvgIpc) is 3.06. The van der Waals surface area contributed by atoms with Crippen molar-refractivity contribution in [3.05, 3.63) is 16.3 Å². The smallest absolute Gasteiger partial charge is 0.211 e. The topological polar surface area (TPSA) is 66.4 Å². The summed E-state index contributed by atoms with van der Waals surface area (Å²) in [6, 6.07) is 0. The quantitative estimate of drug-likeness (QED) is 0.821. The monoisotopic (exact) mass is 352 g/mol. The minimum absolute atomic E-state index is 0.524. The standard InChI is InChI=1S/C15H20N4O2S2/c1-10-16-14(18-6-8-19(9-7-18)23(2,20)21)13-11-4-3-5-12(11)22-15(13)17-10/h3-9H2,1-2H3. The molecule has 1 fully saturated rings. The molecule has 124 valence electrons. The van der Waals surface area contributed by atoms with Crippen LogP contribution in [0, 0.1) is 6.92 Å². The number of aromatic nitrogens is 2. The number of rotatable bonds is 2. The van der Waals surface area contributed by atoms with Crippen molar-refractivity contribution in [2.45, 2.75) is 26.2 Å². The first-order chi connectivity index (χ1) is 10.9. The minimum atomic E-state index is -3.10. The van der Waals surface area contributed by atoms with Crippen LogP contribution in [0.4, 0.5) is 5.82 Å². The van der Waals surface area contributed by atoms with Crippen LogP contribution in [0.1, 0.15) is 22.7 Å². The van der Waals surface area contributed by atoms with Gasteiger partial charge in [0.1, 0.15) is 16.5 Å². The third-order valence-electron chi connectivity index (χ3n) is 4.66. The maximum atomic E-state index is 11.7. The summed E-state index contributed by atoms with van der Waals surface area (Å²) in [5.41, 5.74) is 1.42. The van der Waals surface area contributed by atoms with Crippen molar-refractivity contribution in [1.82, 2.24) is 14.3 Å². The van der Waals surface area contributed by atoms with E-state index in [1.54, 1.807) is 15.6 Å². The van der Waals surface area contributed by atoms with E-state index in [0.717, 1.165) is 29.3 Å². The van der Waals surface area contributed by atoms with Gasteiger partial charge < -0.3 is 4.90 Å². The molecule has 8 heteroatoms. The molecule has 0 amide bonds. The van der Waals surface area contributed by atoms with E-state index in [9.17, 15) is 8.42 Å². The first-order valence-corrected chi connectivity index (χ1v) is 10.6. The van der Waals surface area contributed by atoms with E-state index in [-0.39, 0.29) is 0 Å². The Balaban J connectivity index is 1.72. The lowest BCUT2D eigenvalue weighted by Crippen LogP contribution is -2.48. The third kappa shape index (κ3) is 2.62. The number of sulfonamides is 1. The lowest BCUT2D eigenvalue weighted by atomic mass is 10.1. The normalized spacial score (nSPS) is 19.5. The summed E-state index contributed by atoms with van der Waals surface area (Å²) >= 11 is 1.80. The molecule has 2 aromatic heterocycles. The highest BCUT2D eigenvalue weighted by Gasteiger charge is 2.28. The second kappa shape index (κ2) is 5.39. The number of aryl methyl sites for hydroxylation is 3. The summed E-state index contributed by atoms with van der Waals surface area (Å²) in [6.45, 7) is 4.35. The van der Waals surface area contributed by atoms with Gasteiger partial charge in [0.05, 0.1) is 11.6 Å². The van der Waals surface area contributed by atoms with Gasteiger partial charge in [-0.1, -0.05) is 0 Å². The van der Waals surface area contributed by atoms with Crippen molar-refractivity contribution in [1.29, 1.82) is 0 Å². The molecule has 6 nitrogen and oxygen atoms in total. The molecule has 0 aromatic carbocycles. The minimum Gasteiger partial charge on any atom is -0.353 e. The van der Waals surface area contributed by atoms with E-state index in [0.29, 0.717) is 26.2 Å². The van der Waals surface area contributed by atoms with Gasteiger partial charge in [-0.2, -0.15) is 4.31 Å². The largest absolute Gasteiger partial charge is 0.353 e. The fraction of sp³-hybridized carbons (Fsp3) is 0.600. The van der Waals surface area contributed by atoms with Gasteiger partial charge in [0, 0.05) is 31.1 Å². The summed E-state index contributed by atoms with van der Waals surface area (Å²) in [4.78, 5) is 14.1. The highest BCUT2D eigenvalue weighted by molar-refractivity contribution is 7.88. The Kier molecular flexibility index (Phi) is 3.58. The average molecular weight is 352 g/mol. The Bertz CT molecular complexity index is 867. The van der Waals surface area contributed by atoms with E-state index in [1.165, 1.54) is 28.5 Å². The number of anilines is 1. The van der Waals surface area contributed by atoms with E-state index < -0.39 is 10.0 Å². The lowest BCUT2D eigenvalue weighted by molar-refractivity contribution is 0.387. The van der Waals surface area contributed by atoms with Crippen LogP contribution >= 0.6 is 11.3 Å². The molecule has 0 bridgehead atoms. The fourth-order valence-corrected chi connectivity index (χ4v) is 5.67. The molecule has 1 aliphatic carbocycles. The molecular formula is C15H20N4O2S2. The molecule has 2 aromatic rings. The maximum absolute atomic E-state index is 11.7. The highest BCUT2D eigenvalue weighted by Crippen LogP contribution is 2.40. The van der Waals surface area contributed by atoms with Crippen molar-refractivity contribution in [2.75, 3.05) is 37.3 Å². The first kappa shape index (κ1) is 15.3. The molecule has 2 aliphatic rings. The van der Waals surface area contributed by atoms with Gasteiger partial charge in [0.2, 0.25) is 10.0 Å². The number of hydrogen-bond donors (Lipinski definition) is 0. The second-order valence-corrected chi connectivity index (χ2v) is 9.35. The number of fused-ring (bicyclic) bond motifs is 3. The molecule has 0 unspecified atom stereocenters. The van der Waals surface area contributed by atoms with Crippen LogP contribution in [0.3, 0.4) is 0 Å². The zero-order chi connectivity index (χ0) is 16.2. The molecule has 0 spiro atoms. The van der Waals surface area contributed by atoms with Crippen molar-refractivity contribution >= 4 is 37.4 Å². The van der Waals surface area contributed by atoms with Gasteiger partial charge in [-0.15, -0.1) is 11.3 Å². The first-order valence-electron chi connectivity index (χ1n) is 7.92. The van der Waals surface area contributed by atoms with E-state index >= 15 is 0 Å². The third-order valence-corrected chi connectivity index (χ3v) is 7.15. The Hall–Kier alpha value is -1.25. The molecule has 3 heterocycles.